The third-order valence-corrected chi connectivity index (χ3v) is 4.30. The van der Waals surface area contributed by atoms with Gasteiger partial charge in [0.25, 0.3) is 0 Å². The van der Waals surface area contributed by atoms with E-state index in [2.05, 4.69) is 39.3 Å². The normalized spacial score (nSPS) is 17.2. The quantitative estimate of drug-likeness (QED) is 0.879. The Labute approximate surface area is 106 Å². The van der Waals surface area contributed by atoms with E-state index in [0.29, 0.717) is 12.1 Å². The number of nitrogens with one attached hydrogen (secondary N) is 1. The highest BCUT2D eigenvalue weighted by atomic mass is 32.1. The first-order valence-electron chi connectivity index (χ1n) is 6.12. The van der Waals surface area contributed by atoms with E-state index in [1.165, 1.54) is 23.4 Å². The van der Waals surface area contributed by atoms with Gasteiger partial charge in [0.15, 0.2) is 0 Å². The van der Waals surface area contributed by atoms with E-state index >= 15 is 0 Å². The second-order valence-electron chi connectivity index (χ2n) is 4.64. The molecule has 0 aromatic carbocycles. The Hall–Kier alpha value is -1.13. The van der Waals surface area contributed by atoms with Crippen LogP contribution in [0.2, 0.25) is 0 Å². The Kier molecular flexibility index (Phi) is 2.99. The van der Waals surface area contributed by atoms with Crippen LogP contribution < -0.4 is 5.32 Å². The fraction of sp³-hybridized carbons (Fsp3) is 0.462. The van der Waals surface area contributed by atoms with Crippen molar-refractivity contribution in [3.63, 3.8) is 0 Å². The van der Waals surface area contributed by atoms with E-state index in [9.17, 15) is 0 Å². The molecule has 3 nitrogen and oxygen atoms in total. The van der Waals surface area contributed by atoms with Crippen molar-refractivity contribution in [3.8, 4) is 0 Å². The van der Waals surface area contributed by atoms with Gasteiger partial charge in [0.05, 0.1) is 12.0 Å². The Bertz CT molecular complexity index is 471. The summed E-state index contributed by atoms with van der Waals surface area (Å²) in [6, 6.07) is 5.41. The average molecular weight is 247 g/mol. The van der Waals surface area contributed by atoms with Crippen molar-refractivity contribution in [1.29, 1.82) is 0 Å². The molecule has 0 bridgehead atoms. The second-order valence-corrected chi connectivity index (χ2v) is 5.62. The lowest BCUT2D eigenvalue weighted by atomic mass is 10.2. The fourth-order valence-electron chi connectivity index (χ4n) is 2.05. The number of thiophene rings is 1. The predicted octanol–water partition coefficient (Wildman–Crippen LogP) is 3.13. The summed E-state index contributed by atoms with van der Waals surface area (Å²) in [5, 5.41) is 5.69. The molecule has 2 heterocycles. The van der Waals surface area contributed by atoms with Crippen LogP contribution in [-0.2, 0) is 6.54 Å². The summed E-state index contributed by atoms with van der Waals surface area (Å²) in [7, 11) is 0. The third-order valence-electron chi connectivity index (χ3n) is 3.25. The number of imidazole rings is 1. The van der Waals surface area contributed by atoms with Crippen LogP contribution in [0.5, 0.6) is 0 Å². The average Bonchev–Trinajstić information content (AvgIpc) is 2.87. The van der Waals surface area contributed by atoms with Crippen LogP contribution in [-0.4, -0.2) is 9.55 Å². The van der Waals surface area contributed by atoms with Crippen molar-refractivity contribution in [3.05, 3.63) is 40.6 Å². The van der Waals surface area contributed by atoms with E-state index < -0.39 is 0 Å². The molecule has 0 aliphatic heterocycles. The van der Waals surface area contributed by atoms with Crippen molar-refractivity contribution in [2.24, 2.45) is 0 Å². The van der Waals surface area contributed by atoms with E-state index in [1.54, 1.807) is 11.3 Å². The van der Waals surface area contributed by atoms with Gasteiger partial charge in [0.2, 0.25) is 0 Å². The molecule has 17 heavy (non-hydrogen) atoms. The summed E-state index contributed by atoms with van der Waals surface area (Å²) in [6.07, 6.45) is 6.56. The standard InChI is InChI=1S/C13H17N3S/c1-10(13-3-2-6-17-13)15-8-12-7-14-9-16(12)11-4-5-11/h2-3,6-7,9-11,15H,4-5,8H2,1H3/t10-/m0/s1. The van der Waals surface area contributed by atoms with Crippen LogP contribution in [0.1, 0.15) is 42.4 Å². The van der Waals surface area contributed by atoms with Gasteiger partial charge in [-0.15, -0.1) is 11.3 Å². The van der Waals surface area contributed by atoms with Gasteiger partial charge in [0.1, 0.15) is 0 Å². The molecule has 0 unspecified atom stereocenters. The number of nitrogens with zero attached hydrogens (tertiary/aromatic N) is 2. The Morgan fingerprint density at radius 3 is 3.18 bits per heavy atom. The Morgan fingerprint density at radius 2 is 2.47 bits per heavy atom. The van der Waals surface area contributed by atoms with Gasteiger partial charge in [-0.3, -0.25) is 0 Å². The highest BCUT2D eigenvalue weighted by molar-refractivity contribution is 7.10. The molecule has 3 rings (SSSR count). The van der Waals surface area contributed by atoms with Crippen molar-refractivity contribution >= 4 is 11.3 Å². The maximum atomic E-state index is 4.25. The summed E-state index contributed by atoms with van der Waals surface area (Å²) < 4.78 is 2.31. The van der Waals surface area contributed by atoms with Crippen molar-refractivity contribution < 1.29 is 0 Å². The van der Waals surface area contributed by atoms with Crippen LogP contribution in [0, 0.1) is 0 Å². The predicted molar refractivity (Wildman–Crippen MR) is 70.1 cm³/mol. The van der Waals surface area contributed by atoms with Crippen molar-refractivity contribution in [2.45, 2.75) is 38.4 Å². The summed E-state index contributed by atoms with van der Waals surface area (Å²) in [5.74, 6) is 0. The lowest BCUT2D eigenvalue weighted by Gasteiger charge is -2.13. The molecule has 1 saturated carbocycles. The minimum Gasteiger partial charge on any atom is -0.330 e. The van der Waals surface area contributed by atoms with Gasteiger partial charge in [0, 0.05) is 29.7 Å². The molecular formula is C13H17N3S. The molecule has 1 fully saturated rings. The molecule has 0 saturated heterocycles. The number of hydrogen-bond acceptors (Lipinski definition) is 3. The van der Waals surface area contributed by atoms with Crippen molar-refractivity contribution in [2.75, 3.05) is 0 Å². The van der Waals surface area contributed by atoms with Gasteiger partial charge in [-0.05, 0) is 31.2 Å². The topological polar surface area (TPSA) is 29.9 Å². The van der Waals surface area contributed by atoms with Gasteiger partial charge in [-0.2, -0.15) is 0 Å². The van der Waals surface area contributed by atoms with Crippen LogP contribution in [0.4, 0.5) is 0 Å². The Balaban J connectivity index is 1.61. The van der Waals surface area contributed by atoms with E-state index in [4.69, 9.17) is 0 Å². The lowest BCUT2D eigenvalue weighted by molar-refractivity contribution is 0.553. The highest BCUT2D eigenvalue weighted by Crippen LogP contribution is 2.35. The van der Waals surface area contributed by atoms with E-state index in [1.807, 2.05) is 12.5 Å². The maximum Gasteiger partial charge on any atom is 0.0951 e. The summed E-state index contributed by atoms with van der Waals surface area (Å²) >= 11 is 1.81. The number of aromatic nitrogens is 2. The molecule has 90 valence electrons. The first-order chi connectivity index (χ1) is 8.34. The first kappa shape index (κ1) is 11.0. The van der Waals surface area contributed by atoms with Gasteiger partial charge in [-0.1, -0.05) is 6.07 Å². The molecule has 1 N–H and O–H groups in total. The molecule has 0 spiro atoms. The molecule has 1 atom stereocenters. The second kappa shape index (κ2) is 4.63. The zero-order valence-corrected chi connectivity index (χ0v) is 10.8. The Morgan fingerprint density at radius 1 is 1.59 bits per heavy atom. The molecule has 2 aromatic rings. The van der Waals surface area contributed by atoms with Crippen LogP contribution in [0.3, 0.4) is 0 Å². The van der Waals surface area contributed by atoms with Gasteiger partial charge < -0.3 is 9.88 Å². The smallest absolute Gasteiger partial charge is 0.0951 e. The van der Waals surface area contributed by atoms with Crippen molar-refractivity contribution in [1.82, 2.24) is 14.9 Å². The molecule has 4 heteroatoms. The largest absolute Gasteiger partial charge is 0.330 e. The van der Waals surface area contributed by atoms with Crippen LogP contribution in [0.25, 0.3) is 0 Å². The number of hydrogen-bond donors (Lipinski definition) is 1. The van der Waals surface area contributed by atoms with E-state index in [0.717, 1.165) is 6.54 Å². The van der Waals surface area contributed by atoms with Gasteiger partial charge >= 0.3 is 0 Å². The molecule has 0 radical (unpaired) electrons. The zero-order chi connectivity index (χ0) is 11.7. The molecule has 2 aromatic heterocycles. The minimum absolute atomic E-state index is 0.414. The SMILES string of the molecule is C[C@H](NCc1cncn1C1CC1)c1cccs1. The third kappa shape index (κ3) is 2.42. The monoisotopic (exact) mass is 247 g/mol. The zero-order valence-electron chi connectivity index (χ0n) is 9.97. The molecule has 1 aliphatic carbocycles. The molecule has 0 amide bonds. The summed E-state index contributed by atoms with van der Waals surface area (Å²) in [6.45, 7) is 3.11. The number of rotatable bonds is 5. The molecular weight excluding hydrogens is 230 g/mol. The first-order valence-corrected chi connectivity index (χ1v) is 7.00. The van der Waals surface area contributed by atoms with E-state index in [-0.39, 0.29) is 0 Å². The highest BCUT2D eigenvalue weighted by Gasteiger charge is 2.25. The van der Waals surface area contributed by atoms with Crippen LogP contribution >= 0.6 is 11.3 Å². The summed E-state index contributed by atoms with van der Waals surface area (Å²) in [5.41, 5.74) is 1.30. The maximum absolute atomic E-state index is 4.25. The van der Waals surface area contributed by atoms with Crippen LogP contribution in [0.15, 0.2) is 30.0 Å². The minimum atomic E-state index is 0.414. The fourth-order valence-corrected chi connectivity index (χ4v) is 2.81. The molecule has 1 aliphatic rings. The summed E-state index contributed by atoms with van der Waals surface area (Å²) in [4.78, 5) is 5.64. The lowest BCUT2D eigenvalue weighted by Crippen LogP contribution is -2.19. The van der Waals surface area contributed by atoms with Gasteiger partial charge in [-0.25, -0.2) is 4.98 Å².